The Bertz CT molecular complexity index is 664. The Labute approximate surface area is 103 Å². The molecule has 0 saturated carbocycles. The molecule has 2 aromatic heterocycles. The van der Waals surface area contributed by atoms with Crippen LogP contribution in [-0.4, -0.2) is 9.55 Å². The highest BCUT2D eigenvalue weighted by molar-refractivity contribution is 7.71. The van der Waals surface area contributed by atoms with Crippen molar-refractivity contribution in [2.24, 2.45) is 0 Å². The molecule has 0 aliphatic rings. The number of nitrogens with zero attached hydrogens (tertiary/aromatic N) is 1. The Morgan fingerprint density at radius 3 is 2.94 bits per heavy atom. The smallest absolute Gasteiger partial charge is 0.327 e. The Hall–Kier alpha value is -1.88. The molecule has 0 unspecified atom stereocenters. The van der Waals surface area contributed by atoms with Gasteiger partial charge in [0.25, 0.3) is 0 Å². The van der Waals surface area contributed by atoms with Gasteiger partial charge in [-0.05, 0) is 19.1 Å². The molecular weight excluding hydrogens is 236 g/mol. The first kappa shape index (κ1) is 11.6. The van der Waals surface area contributed by atoms with Crippen LogP contribution in [0, 0.1) is 11.6 Å². The molecule has 1 N–H and O–H groups in total. The van der Waals surface area contributed by atoms with E-state index in [2.05, 4.69) is 11.6 Å². The largest absolute Gasteiger partial charge is 0.460 e. The fourth-order valence-corrected chi connectivity index (χ4v) is 1.81. The van der Waals surface area contributed by atoms with Crippen LogP contribution >= 0.6 is 12.2 Å². The van der Waals surface area contributed by atoms with Gasteiger partial charge in [0.1, 0.15) is 10.4 Å². The third kappa shape index (κ3) is 2.29. The highest BCUT2D eigenvalue weighted by atomic mass is 32.1. The number of aryl methyl sites for hydroxylation is 1. The van der Waals surface area contributed by atoms with E-state index in [1.807, 2.05) is 19.1 Å². The van der Waals surface area contributed by atoms with Crippen molar-refractivity contribution in [2.75, 3.05) is 0 Å². The first-order valence-corrected chi connectivity index (χ1v) is 5.54. The summed E-state index contributed by atoms with van der Waals surface area (Å²) in [6.45, 7) is 5.88. The number of rotatable bonds is 3. The third-order valence-electron chi connectivity index (χ3n) is 2.34. The van der Waals surface area contributed by atoms with E-state index in [9.17, 15) is 4.79 Å². The van der Waals surface area contributed by atoms with Gasteiger partial charge < -0.3 is 4.42 Å². The lowest BCUT2D eigenvalue weighted by Crippen LogP contribution is -2.23. The molecule has 2 rings (SSSR count). The molecule has 0 aromatic carbocycles. The van der Waals surface area contributed by atoms with E-state index in [0.29, 0.717) is 22.6 Å². The average Bonchev–Trinajstić information content (AvgIpc) is 2.68. The Kier molecular flexibility index (Phi) is 3.10. The Morgan fingerprint density at radius 2 is 2.35 bits per heavy atom. The lowest BCUT2D eigenvalue weighted by molar-refractivity contribution is 0.540. The van der Waals surface area contributed by atoms with E-state index < -0.39 is 0 Å². The van der Waals surface area contributed by atoms with Crippen LogP contribution in [0.25, 0.3) is 11.5 Å². The first-order chi connectivity index (χ1) is 8.11. The van der Waals surface area contributed by atoms with Crippen LogP contribution in [0.1, 0.15) is 5.76 Å². The summed E-state index contributed by atoms with van der Waals surface area (Å²) in [7, 11) is 0. The van der Waals surface area contributed by atoms with Crippen LogP contribution in [0.15, 0.2) is 40.1 Å². The molecule has 0 saturated heterocycles. The van der Waals surface area contributed by atoms with E-state index in [-0.39, 0.29) is 5.69 Å². The normalized spacial score (nSPS) is 10.4. The number of hydrogen-bond acceptors (Lipinski definition) is 3. The summed E-state index contributed by atoms with van der Waals surface area (Å²) in [5, 5.41) is 0. The van der Waals surface area contributed by atoms with E-state index in [1.165, 1.54) is 4.57 Å². The predicted molar refractivity (Wildman–Crippen MR) is 68.5 cm³/mol. The van der Waals surface area contributed by atoms with Crippen molar-refractivity contribution in [3.05, 3.63) is 51.7 Å². The summed E-state index contributed by atoms with van der Waals surface area (Å²) >= 11 is 5.00. The first-order valence-electron chi connectivity index (χ1n) is 5.13. The molecular formula is C12H12N2O2S. The van der Waals surface area contributed by atoms with Crippen molar-refractivity contribution < 1.29 is 4.42 Å². The number of nitrogens with one attached hydrogen (secondary N) is 1. The molecule has 5 heteroatoms. The highest BCUT2D eigenvalue weighted by Gasteiger charge is 2.09. The lowest BCUT2D eigenvalue weighted by atomic mass is 10.3. The molecule has 17 heavy (non-hydrogen) atoms. The van der Waals surface area contributed by atoms with Gasteiger partial charge in [0.05, 0.1) is 5.69 Å². The third-order valence-corrected chi connectivity index (χ3v) is 2.56. The minimum Gasteiger partial charge on any atom is -0.460 e. The maximum atomic E-state index is 11.8. The second kappa shape index (κ2) is 4.55. The number of H-pyrrole nitrogens is 1. The minimum absolute atomic E-state index is 0.263. The monoisotopic (exact) mass is 248 g/mol. The van der Waals surface area contributed by atoms with Gasteiger partial charge in [-0.2, -0.15) is 0 Å². The Balaban J connectivity index is 2.70. The minimum atomic E-state index is -0.263. The zero-order valence-electron chi connectivity index (χ0n) is 9.40. The molecule has 0 bridgehead atoms. The van der Waals surface area contributed by atoms with Crippen LogP contribution in [-0.2, 0) is 6.54 Å². The van der Waals surface area contributed by atoms with Crippen LogP contribution in [0.3, 0.4) is 0 Å². The Morgan fingerprint density at radius 1 is 1.59 bits per heavy atom. The average molecular weight is 248 g/mol. The summed E-state index contributed by atoms with van der Waals surface area (Å²) in [6.07, 6.45) is 1.65. The molecule has 0 spiro atoms. The van der Waals surface area contributed by atoms with Gasteiger partial charge in [-0.25, -0.2) is 4.79 Å². The van der Waals surface area contributed by atoms with Gasteiger partial charge in [0.15, 0.2) is 5.76 Å². The second-order valence-corrected chi connectivity index (χ2v) is 4.07. The predicted octanol–water partition coefficient (Wildman–Crippen LogP) is 2.66. The lowest BCUT2D eigenvalue weighted by Gasteiger charge is -2.07. The summed E-state index contributed by atoms with van der Waals surface area (Å²) in [5.74, 6) is 1.41. The zero-order valence-corrected chi connectivity index (χ0v) is 10.2. The van der Waals surface area contributed by atoms with Crippen molar-refractivity contribution in [3.8, 4) is 11.5 Å². The second-order valence-electron chi connectivity index (χ2n) is 3.63. The van der Waals surface area contributed by atoms with E-state index >= 15 is 0 Å². The summed E-state index contributed by atoms with van der Waals surface area (Å²) in [5.41, 5.74) is 0.396. The number of furan rings is 1. The molecule has 88 valence electrons. The van der Waals surface area contributed by atoms with E-state index in [1.54, 1.807) is 12.1 Å². The van der Waals surface area contributed by atoms with Gasteiger partial charge in [0, 0.05) is 12.6 Å². The van der Waals surface area contributed by atoms with Crippen molar-refractivity contribution in [1.29, 1.82) is 0 Å². The molecule has 4 nitrogen and oxygen atoms in total. The number of aromatic amines is 1. The number of hydrogen-bond donors (Lipinski definition) is 1. The maximum Gasteiger partial charge on any atom is 0.327 e. The summed E-state index contributed by atoms with van der Waals surface area (Å²) < 4.78 is 7.43. The van der Waals surface area contributed by atoms with E-state index in [4.69, 9.17) is 16.6 Å². The fourth-order valence-electron chi connectivity index (χ4n) is 1.61. The van der Waals surface area contributed by atoms with Crippen LogP contribution < -0.4 is 5.69 Å². The van der Waals surface area contributed by atoms with Crippen LogP contribution in [0.5, 0.6) is 0 Å². The summed E-state index contributed by atoms with van der Waals surface area (Å²) in [6, 6.07) is 5.37. The zero-order chi connectivity index (χ0) is 12.4. The van der Waals surface area contributed by atoms with Crippen molar-refractivity contribution >= 4 is 12.2 Å². The molecule has 0 amide bonds. The van der Waals surface area contributed by atoms with Gasteiger partial charge in [-0.1, -0.05) is 18.3 Å². The molecule has 0 aliphatic heterocycles. The molecule has 0 atom stereocenters. The van der Waals surface area contributed by atoms with Gasteiger partial charge >= 0.3 is 5.69 Å². The number of aromatic nitrogens is 2. The quantitative estimate of drug-likeness (QED) is 0.671. The fraction of sp³-hybridized carbons (Fsp3) is 0.167. The van der Waals surface area contributed by atoms with Crippen molar-refractivity contribution in [2.45, 2.75) is 13.5 Å². The standard InChI is InChI=1S/C12H12N2O2S/c1-3-6-14-9(7-11(17)13-12(14)15)10-5-4-8(2)16-10/h3-5,7H,1,6H2,2H3,(H,13,15,17). The van der Waals surface area contributed by atoms with Crippen LogP contribution in [0.2, 0.25) is 0 Å². The molecule has 0 aliphatic carbocycles. The topological polar surface area (TPSA) is 50.9 Å². The van der Waals surface area contributed by atoms with Crippen molar-refractivity contribution in [3.63, 3.8) is 0 Å². The van der Waals surface area contributed by atoms with Crippen LogP contribution in [0.4, 0.5) is 0 Å². The van der Waals surface area contributed by atoms with E-state index in [0.717, 1.165) is 5.76 Å². The number of allylic oxidation sites excluding steroid dienone is 1. The molecule has 0 radical (unpaired) electrons. The van der Waals surface area contributed by atoms with Gasteiger partial charge in [0.2, 0.25) is 0 Å². The van der Waals surface area contributed by atoms with Gasteiger partial charge in [-0.3, -0.25) is 9.55 Å². The van der Waals surface area contributed by atoms with Gasteiger partial charge in [-0.15, -0.1) is 6.58 Å². The maximum absolute atomic E-state index is 11.8. The molecule has 0 fully saturated rings. The highest BCUT2D eigenvalue weighted by Crippen LogP contribution is 2.20. The van der Waals surface area contributed by atoms with Crippen molar-refractivity contribution in [1.82, 2.24) is 9.55 Å². The summed E-state index contributed by atoms with van der Waals surface area (Å²) in [4.78, 5) is 14.4. The molecule has 2 aromatic rings. The SMILES string of the molecule is C=CCn1c(-c2ccc(C)o2)cc(=S)[nH]c1=O. The molecule has 2 heterocycles.